The van der Waals surface area contributed by atoms with Crippen LogP contribution in [-0.2, 0) is 19.5 Å². The van der Waals surface area contributed by atoms with Gasteiger partial charge in [0.2, 0.25) is 9.84 Å². The number of carbonyl (C=O) groups is 1. The van der Waals surface area contributed by atoms with Crippen LogP contribution in [0.4, 0.5) is 8.78 Å². The van der Waals surface area contributed by atoms with Crippen LogP contribution in [0.5, 0.6) is 0 Å². The minimum atomic E-state index is -4.37. The van der Waals surface area contributed by atoms with E-state index in [4.69, 9.17) is 4.84 Å². The SMILES string of the molecule is CC(=O)C(c1c(F)cccc1F)S(=O)(=O)C1=NOC(C)(C)C1. The van der Waals surface area contributed by atoms with E-state index in [-0.39, 0.29) is 11.5 Å². The first-order valence-electron chi connectivity index (χ1n) is 6.49. The fourth-order valence-electron chi connectivity index (χ4n) is 2.23. The molecule has 1 aromatic carbocycles. The molecule has 0 aliphatic carbocycles. The second-order valence-electron chi connectivity index (χ2n) is 5.68. The molecule has 0 radical (unpaired) electrons. The zero-order valence-electron chi connectivity index (χ0n) is 12.3. The van der Waals surface area contributed by atoms with Crippen LogP contribution in [0, 0.1) is 11.6 Å². The van der Waals surface area contributed by atoms with Gasteiger partial charge in [-0.1, -0.05) is 11.2 Å². The average molecular weight is 331 g/mol. The molecule has 22 heavy (non-hydrogen) atoms. The molecule has 0 fully saturated rings. The molecular formula is C14H15F2NO4S. The summed E-state index contributed by atoms with van der Waals surface area (Å²) in [6, 6.07) is 2.90. The third-order valence-corrected chi connectivity index (χ3v) is 5.31. The monoisotopic (exact) mass is 331 g/mol. The summed E-state index contributed by atoms with van der Waals surface area (Å²) < 4.78 is 53.0. The topological polar surface area (TPSA) is 72.8 Å². The van der Waals surface area contributed by atoms with Crippen LogP contribution < -0.4 is 0 Å². The Hall–Kier alpha value is -1.83. The summed E-state index contributed by atoms with van der Waals surface area (Å²) in [7, 11) is -4.37. The highest BCUT2D eigenvalue weighted by atomic mass is 32.2. The minimum absolute atomic E-state index is 0.0742. The molecule has 2 rings (SSSR count). The van der Waals surface area contributed by atoms with E-state index in [0.29, 0.717) is 0 Å². The second kappa shape index (κ2) is 5.42. The van der Waals surface area contributed by atoms with E-state index in [2.05, 4.69) is 5.16 Å². The lowest BCUT2D eigenvalue weighted by atomic mass is 10.1. The standard InChI is InChI=1S/C14H15F2NO4S/c1-8(18)13(12-9(15)5-4-6-10(12)16)22(19,20)11-7-14(2,3)21-17-11/h4-6,13H,7H2,1-3H3. The lowest BCUT2D eigenvalue weighted by molar-refractivity contribution is -0.116. The van der Waals surface area contributed by atoms with Crippen LogP contribution in [0.15, 0.2) is 23.4 Å². The van der Waals surface area contributed by atoms with Crippen LogP contribution in [0.3, 0.4) is 0 Å². The van der Waals surface area contributed by atoms with Crippen molar-refractivity contribution in [1.29, 1.82) is 0 Å². The van der Waals surface area contributed by atoms with Crippen molar-refractivity contribution in [3.05, 3.63) is 35.4 Å². The summed E-state index contributed by atoms with van der Waals surface area (Å²) >= 11 is 0. The number of benzene rings is 1. The Balaban J connectivity index is 2.57. The molecule has 0 aromatic heterocycles. The number of ketones is 1. The van der Waals surface area contributed by atoms with E-state index < -0.39 is 43.7 Å². The van der Waals surface area contributed by atoms with Crippen LogP contribution in [0.1, 0.15) is 38.0 Å². The molecule has 0 bridgehead atoms. The molecule has 1 aliphatic heterocycles. The Labute approximate surface area is 126 Å². The Morgan fingerprint density at radius 3 is 2.27 bits per heavy atom. The van der Waals surface area contributed by atoms with Gasteiger partial charge in [0.15, 0.2) is 16.1 Å². The molecular weight excluding hydrogens is 316 g/mol. The summed E-state index contributed by atoms with van der Waals surface area (Å²) in [5.74, 6) is -3.08. The smallest absolute Gasteiger partial charge is 0.209 e. The van der Waals surface area contributed by atoms with Gasteiger partial charge < -0.3 is 4.84 Å². The number of nitrogens with zero attached hydrogens (tertiary/aromatic N) is 1. The Kier molecular flexibility index (Phi) is 4.08. The molecule has 120 valence electrons. The highest BCUT2D eigenvalue weighted by molar-refractivity contribution is 8.07. The number of sulfone groups is 1. The highest BCUT2D eigenvalue weighted by Crippen LogP contribution is 2.34. The largest absolute Gasteiger partial charge is 0.389 e. The maximum absolute atomic E-state index is 13.9. The summed E-state index contributed by atoms with van der Waals surface area (Å²) in [6.45, 7) is 4.20. The van der Waals surface area contributed by atoms with E-state index in [1.807, 2.05) is 0 Å². The van der Waals surface area contributed by atoms with Gasteiger partial charge >= 0.3 is 0 Å². The van der Waals surface area contributed by atoms with Crippen molar-refractivity contribution in [2.75, 3.05) is 0 Å². The summed E-state index contributed by atoms with van der Waals surface area (Å²) in [6.07, 6.45) is -0.0742. The third-order valence-electron chi connectivity index (χ3n) is 3.24. The first kappa shape index (κ1) is 16.5. The van der Waals surface area contributed by atoms with Crippen molar-refractivity contribution >= 4 is 20.7 Å². The van der Waals surface area contributed by atoms with Crippen LogP contribution >= 0.6 is 0 Å². The number of halogens is 2. The van der Waals surface area contributed by atoms with Gasteiger partial charge in [-0.05, 0) is 32.9 Å². The van der Waals surface area contributed by atoms with Crippen molar-refractivity contribution in [1.82, 2.24) is 0 Å². The van der Waals surface area contributed by atoms with Gasteiger partial charge in [0.05, 0.1) is 0 Å². The molecule has 1 atom stereocenters. The molecule has 0 N–H and O–H groups in total. The number of oxime groups is 1. The van der Waals surface area contributed by atoms with Gasteiger partial charge in [-0.3, -0.25) is 4.79 Å². The van der Waals surface area contributed by atoms with Gasteiger partial charge in [0.1, 0.15) is 17.2 Å². The van der Waals surface area contributed by atoms with Gasteiger partial charge in [-0.2, -0.15) is 0 Å². The zero-order chi connectivity index (χ0) is 16.7. The predicted molar refractivity (Wildman–Crippen MR) is 75.9 cm³/mol. The summed E-state index contributed by atoms with van der Waals surface area (Å²) in [5, 5.41) is 1.11. The maximum atomic E-state index is 13.9. The first-order chi connectivity index (χ1) is 10.1. The van der Waals surface area contributed by atoms with Gasteiger partial charge in [0.25, 0.3) is 0 Å². The molecule has 0 saturated carbocycles. The molecule has 0 saturated heterocycles. The van der Waals surface area contributed by atoms with Crippen molar-refractivity contribution in [3.63, 3.8) is 0 Å². The molecule has 1 aromatic rings. The normalized spacial score (nSPS) is 18.5. The van der Waals surface area contributed by atoms with Crippen molar-refractivity contribution in [2.24, 2.45) is 5.16 Å². The number of rotatable bonds is 3. The average Bonchev–Trinajstić information content (AvgIpc) is 2.74. The van der Waals surface area contributed by atoms with Crippen LogP contribution in [0.2, 0.25) is 0 Å². The quantitative estimate of drug-likeness (QED) is 0.853. The van der Waals surface area contributed by atoms with Crippen molar-refractivity contribution < 1.29 is 26.8 Å². The number of carbonyl (C=O) groups excluding carboxylic acids is 1. The summed E-state index contributed by atoms with van der Waals surface area (Å²) in [4.78, 5) is 16.8. The molecule has 1 heterocycles. The minimum Gasteiger partial charge on any atom is -0.389 e. The molecule has 1 unspecified atom stereocenters. The first-order valence-corrected chi connectivity index (χ1v) is 8.04. The van der Waals surface area contributed by atoms with Crippen molar-refractivity contribution in [3.8, 4) is 0 Å². The molecule has 0 spiro atoms. The van der Waals surface area contributed by atoms with E-state index in [0.717, 1.165) is 25.1 Å². The maximum Gasteiger partial charge on any atom is 0.209 e. The Bertz CT molecular complexity index is 736. The van der Waals surface area contributed by atoms with Gasteiger partial charge in [-0.15, -0.1) is 0 Å². The lowest BCUT2D eigenvalue weighted by Gasteiger charge is -2.17. The Morgan fingerprint density at radius 1 is 1.32 bits per heavy atom. The second-order valence-corrected chi connectivity index (χ2v) is 7.72. The third kappa shape index (κ3) is 2.87. The van der Waals surface area contributed by atoms with E-state index >= 15 is 0 Å². The van der Waals surface area contributed by atoms with Gasteiger partial charge in [0, 0.05) is 12.0 Å². The number of Topliss-reactive ketones (excluding diaryl/α,β-unsaturated/α-hetero) is 1. The van der Waals surface area contributed by atoms with E-state index in [1.165, 1.54) is 0 Å². The van der Waals surface area contributed by atoms with E-state index in [9.17, 15) is 22.0 Å². The number of hydrogen-bond acceptors (Lipinski definition) is 5. The van der Waals surface area contributed by atoms with Gasteiger partial charge in [-0.25, -0.2) is 17.2 Å². The zero-order valence-corrected chi connectivity index (χ0v) is 13.1. The molecule has 1 aliphatic rings. The van der Waals surface area contributed by atoms with Crippen LogP contribution in [-0.4, -0.2) is 24.8 Å². The Morgan fingerprint density at radius 2 is 1.86 bits per heavy atom. The highest BCUT2D eigenvalue weighted by Gasteiger charge is 2.44. The molecule has 5 nitrogen and oxygen atoms in total. The predicted octanol–water partition coefficient (Wildman–Crippen LogP) is 2.52. The van der Waals surface area contributed by atoms with E-state index in [1.54, 1.807) is 13.8 Å². The molecule has 0 amide bonds. The fourth-order valence-corrected chi connectivity index (χ4v) is 4.16. The number of hydrogen-bond donors (Lipinski definition) is 0. The fraction of sp³-hybridized carbons (Fsp3) is 0.429. The van der Waals surface area contributed by atoms with Crippen molar-refractivity contribution in [2.45, 2.75) is 38.0 Å². The van der Waals surface area contributed by atoms with Crippen LogP contribution in [0.25, 0.3) is 0 Å². The lowest BCUT2D eigenvalue weighted by Crippen LogP contribution is -2.30. The molecule has 8 heteroatoms. The summed E-state index contributed by atoms with van der Waals surface area (Å²) in [5.41, 5.74) is -1.64.